The lowest BCUT2D eigenvalue weighted by Gasteiger charge is -2.08. The summed E-state index contributed by atoms with van der Waals surface area (Å²) in [7, 11) is 0. The van der Waals surface area contributed by atoms with Crippen molar-refractivity contribution in [1.82, 2.24) is 4.98 Å². The van der Waals surface area contributed by atoms with Gasteiger partial charge in [0.1, 0.15) is 5.52 Å². The van der Waals surface area contributed by atoms with Gasteiger partial charge in [-0.25, -0.2) is 4.98 Å². The molecule has 118 valence electrons. The Labute approximate surface area is 139 Å². The largest absolute Gasteiger partial charge is 0.440 e. The quantitative estimate of drug-likeness (QED) is 0.722. The fourth-order valence-corrected chi connectivity index (χ4v) is 2.43. The van der Waals surface area contributed by atoms with Gasteiger partial charge in [-0.05, 0) is 42.8 Å². The van der Waals surface area contributed by atoms with Crippen LogP contribution in [0.4, 0.5) is 5.69 Å². The molecule has 0 radical (unpaired) electrons. The van der Waals surface area contributed by atoms with Gasteiger partial charge >= 0.3 is 0 Å². The zero-order chi connectivity index (χ0) is 16.6. The highest BCUT2D eigenvalue weighted by Crippen LogP contribution is 2.24. The van der Waals surface area contributed by atoms with E-state index in [0.717, 1.165) is 11.1 Å². The summed E-state index contributed by atoms with van der Waals surface area (Å²) in [5.41, 5.74) is 3.53. The first-order chi connectivity index (χ1) is 10.9. The van der Waals surface area contributed by atoms with Crippen LogP contribution in [0.3, 0.4) is 0 Å². The molecule has 0 aliphatic carbocycles. The van der Waals surface area contributed by atoms with Crippen LogP contribution in [0.2, 0.25) is 5.02 Å². The number of rotatable bonds is 3. The average Bonchev–Trinajstić information content (AvgIpc) is 2.94. The minimum Gasteiger partial charge on any atom is -0.440 e. The number of aryl methyl sites for hydroxylation is 1. The summed E-state index contributed by atoms with van der Waals surface area (Å²) in [6.07, 6.45) is 0. The maximum absolute atomic E-state index is 12.4. The van der Waals surface area contributed by atoms with Crippen LogP contribution in [0.25, 0.3) is 11.1 Å². The van der Waals surface area contributed by atoms with E-state index in [2.05, 4.69) is 10.3 Å². The van der Waals surface area contributed by atoms with E-state index < -0.39 is 0 Å². The molecule has 1 heterocycles. The fraction of sp³-hybridized carbons (Fsp3) is 0.222. The summed E-state index contributed by atoms with van der Waals surface area (Å²) in [6, 6.07) is 10.6. The number of carbonyl (C=O) groups excluding carboxylic acids is 1. The number of oxazole rings is 1. The van der Waals surface area contributed by atoms with Crippen molar-refractivity contribution in [2.24, 2.45) is 0 Å². The summed E-state index contributed by atoms with van der Waals surface area (Å²) in [5, 5.41) is 3.46. The molecule has 0 saturated carbocycles. The summed E-state index contributed by atoms with van der Waals surface area (Å²) < 4.78 is 5.70. The predicted octanol–water partition coefficient (Wildman–Crippen LogP) is 5.17. The summed E-state index contributed by atoms with van der Waals surface area (Å²) >= 11 is 5.98. The van der Waals surface area contributed by atoms with Gasteiger partial charge in [0.15, 0.2) is 11.5 Å². The number of carbonyl (C=O) groups is 1. The molecule has 0 fully saturated rings. The molecular weight excluding hydrogens is 312 g/mol. The molecule has 0 bridgehead atoms. The lowest BCUT2D eigenvalue weighted by molar-refractivity contribution is 0.102. The highest BCUT2D eigenvalue weighted by molar-refractivity contribution is 6.31. The first-order valence-corrected chi connectivity index (χ1v) is 7.80. The minimum absolute atomic E-state index is 0.203. The number of anilines is 1. The third-order valence-electron chi connectivity index (χ3n) is 3.61. The van der Waals surface area contributed by atoms with Crippen LogP contribution >= 0.6 is 11.6 Å². The second-order valence-corrected chi connectivity index (χ2v) is 6.24. The first kappa shape index (κ1) is 15.6. The number of hydrogen-bond donors (Lipinski definition) is 1. The molecular formula is C18H17ClN2O2. The van der Waals surface area contributed by atoms with Crippen LogP contribution in [0.5, 0.6) is 0 Å². The fourth-order valence-electron chi connectivity index (χ4n) is 2.25. The zero-order valence-corrected chi connectivity index (χ0v) is 13.9. The topological polar surface area (TPSA) is 55.1 Å². The van der Waals surface area contributed by atoms with E-state index in [-0.39, 0.29) is 11.8 Å². The Kier molecular flexibility index (Phi) is 4.09. The summed E-state index contributed by atoms with van der Waals surface area (Å²) in [6.45, 7) is 5.95. The van der Waals surface area contributed by atoms with Crippen LogP contribution in [0.15, 0.2) is 40.8 Å². The number of amides is 1. The highest BCUT2D eigenvalue weighted by atomic mass is 35.5. The Morgan fingerprint density at radius 3 is 2.74 bits per heavy atom. The maximum atomic E-state index is 12.4. The lowest BCUT2D eigenvalue weighted by atomic mass is 10.1. The van der Waals surface area contributed by atoms with Gasteiger partial charge in [-0.15, -0.1) is 0 Å². The molecule has 1 N–H and O–H groups in total. The smallest absolute Gasteiger partial charge is 0.255 e. The second-order valence-electron chi connectivity index (χ2n) is 5.80. The Morgan fingerprint density at radius 2 is 2.00 bits per heavy atom. The number of halogens is 1. The molecule has 3 aromatic rings. The van der Waals surface area contributed by atoms with E-state index in [1.807, 2.05) is 26.8 Å². The maximum Gasteiger partial charge on any atom is 0.255 e. The van der Waals surface area contributed by atoms with Crippen molar-refractivity contribution in [2.75, 3.05) is 5.32 Å². The molecule has 0 unspecified atom stereocenters. The Morgan fingerprint density at radius 1 is 1.22 bits per heavy atom. The summed E-state index contributed by atoms with van der Waals surface area (Å²) in [5.74, 6) is 0.664. The monoisotopic (exact) mass is 328 g/mol. The lowest BCUT2D eigenvalue weighted by Crippen LogP contribution is -2.12. The van der Waals surface area contributed by atoms with E-state index >= 15 is 0 Å². The molecule has 4 nitrogen and oxygen atoms in total. The van der Waals surface area contributed by atoms with Crippen molar-refractivity contribution in [1.29, 1.82) is 0 Å². The van der Waals surface area contributed by atoms with Crippen molar-refractivity contribution < 1.29 is 9.21 Å². The Balaban J connectivity index is 1.90. The van der Waals surface area contributed by atoms with Crippen LogP contribution in [-0.2, 0) is 0 Å². The van der Waals surface area contributed by atoms with E-state index in [1.54, 1.807) is 30.3 Å². The van der Waals surface area contributed by atoms with E-state index in [0.29, 0.717) is 27.7 Å². The minimum atomic E-state index is -0.209. The molecule has 5 heteroatoms. The second kappa shape index (κ2) is 6.05. The van der Waals surface area contributed by atoms with Gasteiger partial charge < -0.3 is 9.73 Å². The normalized spacial score (nSPS) is 11.2. The highest BCUT2D eigenvalue weighted by Gasteiger charge is 2.13. The Bertz CT molecular complexity index is 884. The third kappa shape index (κ3) is 3.22. The molecule has 0 saturated heterocycles. The zero-order valence-electron chi connectivity index (χ0n) is 13.2. The molecule has 1 aromatic heterocycles. The molecule has 1 amide bonds. The van der Waals surface area contributed by atoms with Gasteiger partial charge in [0.25, 0.3) is 5.91 Å². The van der Waals surface area contributed by atoms with Gasteiger partial charge in [0, 0.05) is 22.2 Å². The van der Waals surface area contributed by atoms with Crippen LogP contribution in [0, 0.1) is 6.92 Å². The molecule has 2 aromatic carbocycles. The van der Waals surface area contributed by atoms with Crippen molar-refractivity contribution >= 4 is 34.3 Å². The number of fused-ring (bicyclic) bond motifs is 1. The Hall–Kier alpha value is -2.33. The van der Waals surface area contributed by atoms with Crippen molar-refractivity contribution in [3.05, 3.63) is 58.4 Å². The van der Waals surface area contributed by atoms with E-state index in [9.17, 15) is 4.79 Å². The van der Waals surface area contributed by atoms with Crippen LogP contribution < -0.4 is 5.32 Å². The first-order valence-electron chi connectivity index (χ1n) is 7.42. The molecule has 0 aliphatic rings. The van der Waals surface area contributed by atoms with Gasteiger partial charge in [-0.3, -0.25) is 4.79 Å². The van der Waals surface area contributed by atoms with Gasteiger partial charge in [0.05, 0.1) is 0 Å². The van der Waals surface area contributed by atoms with Crippen LogP contribution in [-0.4, -0.2) is 10.9 Å². The van der Waals surface area contributed by atoms with Gasteiger partial charge in [0.2, 0.25) is 0 Å². The van der Waals surface area contributed by atoms with E-state index in [4.69, 9.17) is 16.0 Å². The third-order valence-corrected chi connectivity index (χ3v) is 3.84. The molecule has 0 spiro atoms. The van der Waals surface area contributed by atoms with Crippen molar-refractivity contribution in [3.8, 4) is 0 Å². The van der Waals surface area contributed by atoms with E-state index in [1.165, 1.54) is 0 Å². The number of nitrogens with one attached hydrogen (secondary N) is 1. The van der Waals surface area contributed by atoms with Gasteiger partial charge in [-0.1, -0.05) is 31.5 Å². The number of nitrogens with zero attached hydrogens (tertiary/aromatic N) is 1. The number of benzene rings is 2. The molecule has 3 rings (SSSR count). The molecule has 23 heavy (non-hydrogen) atoms. The standard InChI is InChI=1S/C18H17ClN2O2/c1-10(2)18-21-14-7-5-12(8-16(14)23-18)17(22)20-15-9-13(19)6-4-11(15)3/h4-10H,1-3H3,(H,20,22). The van der Waals surface area contributed by atoms with Crippen molar-refractivity contribution in [3.63, 3.8) is 0 Å². The van der Waals surface area contributed by atoms with Gasteiger partial charge in [-0.2, -0.15) is 0 Å². The average molecular weight is 329 g/mol. The molecule has 0 aliphatic heterocycles. The SMILES string of the molecule is Cc1ccc(Cl)cc1NC(=O)c1ccc2nc(C(C)C)oc2c1. The number of aromatic nitrogens is 1. The van der Waals surface area contributed by atoms with Crippen molar-refractivity contribution in [2.45, 2.75) is 26.7 Å². The summed E-state index contributed by atoms with van der Waals surface area (Å²) in [4.78, 5) is 16.9. The van der Waals surface area contributed by atoms with Crippen LogP contribution in [0.1, 0.15) is 41.6 Å². The number of hydrogen-bond acceptors (Lipinski definition) is 3. The predicted molar refractivity (Wildman–Crippen MR) is 92.2 cm³/mol. The molecule has 0 atom stereocenters.